The Morgan fingerprint density at radius 1 is 1.06 bits per heavy atom. The lowest BCUT2D eigenvalue weighted by Gasteiger charge is -2.34. The fourth-order valence-corrected chi connectivity index (χ4v) is 5.05. The zero-order valence-electron chi connectivity index (χ0n) is 20.3. The number of Topliss-reactive ketones (excluding diaryl/α,β-unsaturated/α-hetero) is 1. The van der Waals surface area contributed by atoms with Crippen molar-refractivity contribution in [2.75, 3.05) is 38.5 Å². The van der Waals surface area contributed by atoms with Gasteiger partial charge in [-0.15, -0.1) is 0 Å². The van der Waals surface area contributed by atoms with Crippen LogP contribution < -0.4 is 0 Å². The van der Waals surface area contributed by atoms with E-state index >= 15 is 0 Å². The van der Waals surface area contributed by atoms with Crippen LogP contribution in [0.4, 0.5) is 0 Å². The molecular weight excluding hydrogens is 444 g/mol. The smallest absolute Gasteiger partial charge is 0.267 e. The van der Waals surface area contributed by atoms with Crippen LogP contribution in [0.1, 0.15) is 84.0 Å². The molecule has 192 valence electrons. The summed E-state index contributed by atoms with van der Waals surface area (Å²) >= 11 is 0. The Labute approximate surface area is 200 Å². The molecule has 0 radical (unpaired) electrons. The molecule has 1 heterocycles. The number of ketones is 1. The zero-order valence-corrected chi connectivity index (χ0v) is 21.1. The van der Waals surface area contributed by atoms with Crippen LogP contribution in [0.15, 0.2) is 17.1 Å². The lowest BCUT2D eigenvalue weighted by molar-refractivity contribution is -0.837. The van der Waals surface area contributed by atoms with Gasteiger partial charge in [-0.25, -0.2) is 4.99 Å². The van der Waals surface area contributed by atoms with Crippen LogP contribution >= 0.6 is 0 Å². The molecule has 0 bridgehead atoms. The molecule has 1 aliphatic rings. The first-order valence-corrected chi connectivity index (χ1v) is 14.2. The highest BCUT2D eigenvalue weighted by Gasteiger charge is 2.43. The van der Waals surface area contributed by atoms with E-state index in [1.807, 2.05) is 0 Å². The number of aliphatic hydroxyl groups is 2. The molecule has 0 aromatic carbocycles. The average Bonchev–Trinajstić information content (AvgIpc) is 3.13. The van der Waals surface area contributed by atoms with Crippen molar-refractivity contribution in [2.24, 2.45) is 4.99 Å². The second-order valence-corrected chi connectivity index (χ2v) is 10.7. The van der Waals surface area contributed by atoms with E-state index in [4.69, 9.17) is 4.55 Å². The molecule has 1 rings (SSSR count). The second-order valence-electron chi connectivity index (χ2n) is 9.16. The predicted octanol–water partition coefficient (Wildman–Crippen LogP) is 3.28. The number of amidine groups is 1. The molecule has 0 saturated carbocycles. The number of hydrogen-bond acceptors (Lipinski definition) is 6. The summed E-state index contributed by atoms with van der Waals surface area (Å²) in [7, 11) is -4.34. The summed E-state index contributed by atoms with van der Waals surface area (Å²) < 4.78 is 31.1. The van der Waals surface area contributed by atoms with E-state index in [2.05, 4.69) is 24.1 Å². The van der Waals surface area contributed by atoms with E-state index in [-0.39, 0.29) is 30.0 Å². The zero-order chi connectivity index (χ0) is 24.6. The molecule has 0 fully saturated rings. The van der Waals surface area contributed by atoms with Gasteiger partial charge in [0.05, 0.1) is 13.2 Å². The molecule has 9 heteroatoms. The van der Waals surface area contributed by atoms with Crippen molar-refractivity contribution in [1.29, 1.82) is 0 Å². The molecule has 0 amide bonds. The molecule has 2 atom stereocenters. The number of quaternary nitrogens is 1. The van der Waals surface area contributed by atoms with Crippen LogP contribution in [0, 0.1) is 0 Å². The van der Waals surface area contributed by atoms with E-state index in [1.54, 1.807) is 0 Å². The van der Waals surface area contributed by atoms with Gasteiger partial charge in [0.2, 0.25) is 5.78 Å². The first-order valence-electron chi connectivity index (χ1n) is 12.6. The van der Waals surface area contributed by atoms with Crippen LogP contribution in [-0.4, -0.2) is 83.9 Å². The van der Waals surface area contributed by atoms with Gasteiger partial charge < -0.3 is 10.2 Å². The largest absolute Gasteiger partial charge is 0.390 e. The monoisotopic (exact) mass is 489 g/mol. The molecule has 0 aromatic heterocycles. The fraction of sp³-hybridized carbons (Fsp3) is 0.833. The topological polar surface area (TPSA) is 124 Å². The van der Waals surface area contributed by atoms with Gasteiger partial charge in [0.1, 0.15) is 31.5 Å². The first kappa shape index (κ1) is 29.9. The van der Waals surface area contributed by atoms with Crippen LogP contribution in [0.25, 0.3) is 0 Å². The van der Waals surface area contributed by atoms with E-state index in [0.717, 1.165) is 12.8 Å². The highest BCUT2D eigenvalue weighted by molar-refractivity contribution is 7.85. The van der Waals surface area contributed by atoms with Gasteiger partial charge in [0, 0.05) is 6.42 Å². The maximum absolute atomic E-state index is 12.8. The molecule has 8 nitrogen and oxygen atoms in total. The summed E-state index contributed by atoms with van der Waals surface area (Å²) in [5, 5.41) is 19.6. The highest BCUT2D eigenvalue weighted by Crippen LogP contribution is 2.19. The Morgan fingerprint density at radius 3 is 2.27 bits per heavy atom. The van der Waals surface area contributed by atoms with Crippen molar-refractivity contribution in [3.63, 3.8) is 0 Å². The Hall–Kier alpha value is -1.13. The minimum absolute atomic E-state index is 0.0414. The molecule has 33 heavy (non-hydrogen) atoms. The number of carbonyl (C=O) groups excluding carboxylic acids is 1. The molecule has 0 spiro atoms. The number of carbonyl (C=O) groups is 1. The van der Waals surface area contributed by atoms with Gasteiger partial charge in [-0.05, 0) is 25.7 Å². The van der Waals surface area contributed by atoms with Crippen molar-refractivity contribution in [3.05, 3.63) is 12.2 Å². The van der Waals surface area contributed by atoms with Gasteiger partial charge >= 0.3 is 0 Å². The Morgan fingerprint density at radius 2 is 1.67 bits per heavy atom. The number of nitrogens with zero attached hydrogens (tertiary/aromatic N) is 2. The third kappa shape index (κ3) is 12.8. The molecule has 0 aromatic rings. The van der Waals surface area contributed by atoms with Gasteiger partial charge in [-0.2, -0.15) is 8.42 Å². The summed E-state index contributed by atoms with van der Waals surface area (Å²) in [5.74, 6) is -0.637. The minimum atomic E-state index is -4.34. The van der Waals surface area contributed by atoms with E-state index in [1.165, 1.54) is 51.4 Å². The molecular formula is C24H45N2O6S+. The van der Waals surface area contributed by atoms with Crippen LogP contribution in [-0.2, 0) is 14.9 Å². The molecule has 2 unspecified atom stereocenters. The Bertz CT molecular complexity index is 722. The van der Waals surface area contributed by atoms with E-state index in [9.17, 15) is 23.4 Å². The number of hydrogen-bond donors (Lipinski definition) is 3. The number of aliphatic hydroxyl groups excluding tert-OH is 2. The molecule has 1 aliphatic heterocycles. The molecule has 0 aliphatic carbocycles. The van der Waals surface area contributed by atoms with Crippen molar-refractivity contribution in [3.8, 4) is 0 Å². The van der Waals surface area contributed by atoms with Crippen molar-refractivity contribution < 1.29 is 32.5 Å². The SMILES string of the molecule is CCCCCCCCCC/C=C/CCCC(=O)C1=NCC[N+]1(CCO)CC(O)CS(=O)(=O)O. The number of allylic oxidation sites excluding steroid dienone is 2. The van der Waals surface area contributed by atoms with Crippen molar-refractivity contribution in [1.82, 2.24) is 0 Å². The van der Waals surface area contributed by atoms with Crippen molar-refractivity contribution >= 4 is 21.7 Å². The number of rotatable bonds is 20. The highest BCUT2D eigenvalue weighted by atomic mass is 32.2. The Balaban J connectivity index is 2.35. The standard InChI is InChI=1S/C24H44N2O6S/c1-2-3-4-5-6-7-8-9-10-11-12-13-14-15-23(29)24-25-16-17-26(24,18-19-27)20-22(28)21-33(30,31)32/h11-12,22,27-28H,2-10,13-21H2,1H3/p+1/b12-11+. The number of unbranched alkanes of at least 4 members (excludes halogenated alkanes) is 9. The van der Waals surface area contributed by atoms with Crippen LogP contribution in [0.2, 0.25) is 0 Å². The van der Waals surface area contributed by atoms with Gasteiger partial charge in [0.15, 0.2) is 0 Å². The second kappa shape index (κ2) is 16.5. The summed E-state index contributed by atoms with van der Waals surface area (Å²) in [4.78, 5) is 17.1. The van der Waals surface area contributed by atoms with E-state index < -0.39 is 22.0 Å². The third-order valence-corrected chi connectivity index (χ3v) is 6.95. The van der Waals surface area contributed by atoms with Crippen LogP contribution in [0.3, 0.4) is 0 Å². The third-order valence-electron chi connectivity index (χ3n) is 6.15. The lowest BCUT2D eigenvalue weighted by Crippen LogP contribution is -2.59. The van der Waals surface area contributed by atoms with Crippen LogP contribution in [0.5, 0.6) is 0 Å². The first-order chi connectivity index (χ1) is 15.7. The molecule has 3 N–H and O–H groups in total. The maximum atomic E-state index is 12.8. The van der Waals surface area contributed by atoms with E-state index in [0.29, 0.717) is 31.8 Å². The predicted molar refractivity (Wildman–Crippen MR) is 132 cm³/mol. The quantitative estimate of drug-likeness (QED) is 0.104. The summed E-state index contributed by atoms with van der Waals surface area (Å²) in [5.41, 5.74) is 0. The maximum Gasteiger partial charge on any atom is 0.267 e. The van der Waals surface area contributed by atoms with Gasteiger partial charge in [-0.1, -0.05) is 64.0 Å². The fourth-order valence-electron chi connectivity index (χ4n) is 4.46. The molecule has 0 saturated heterocycles. The van der Waals surface area contributed by atoms with Gasteiger partial charge in [0.25, 0.3) is 16.0 Å². The minimum Gasteiger partial charge on any atom is -0.390 e. The van der Waals surface area contributed by atoms with Gasteiger partial charge in [-0.3, -0.25) is 13.8 Å². The summed E-state index contributed by atoms with van der Waals surface area (Å²) in [6, 6.07) is 0. The van der Waals surface area contributed by atoms with Crippen molar-refractivity contribution in [2.45, 2.75) is 90.1 Å². The Kier molecular flexibility index (Phi) is 14.9. The summed E-state index contributed by atoms with van der Waals surface area (Å²) in [6.45, 7) is 2.92. The normalized spacial score (nSPS) is 19.8. The summed E-state index contributed by atoms with van der Waals surface area (Å²) in [6.07, 6.45) is 16.3. The average molecular weight is 490 g/mol. The number of aliphatic imine (C=N–C) groups is 1. The lowest BCUT2D eigenvalue weighted by atomic mass is 10.1.